The molecule has 1 heterocycles. The maximum Gasteiger partial charge on any atom is 0.427 e. The fourth-order valence-electron chi connectivity index (χ4n) is 3.34. The third-order valence-corrected chi connectivity index (χ3v) is 4.72. The summed E-state index contributed by atoms with van der Waals surface area (Å²) in [7, 11) is 0. The molecule has 0 unspecified atom stereocenters. The highest BCUT2D eigenvalue weighted by molar-refractivity contribution is 6.07. The number of hydrogen-bond donors (Lipinski definition) is 3. The van der Waals surface area contributed by atoms with Crippen LogP contribution in [-0.4, -0.2) is 35.1 Å². The number of rotatable bonds is 5. The Balaban J connectivity index is 1.75. The number of hydrogen-bond acceptors (Lipinski definition) is 8. The van der Waals surface area contributed by atoms with E-state index >= 15 is 0 Å². The molecule has 12 heteroatoms. The zero-order chi connectivity index (χ0) is 23.3. The highest BCUT2D eigenvalue weighted by Crippen LogP contribution is 2.29. The van der Waals surface area contributed by atoms with Gasteiger partial charge in [0.2, 0.25) is 0 Å². The van der Waals surface area contributed by atoms with Crippen molar-refractivity contribution in [2.45, 2.75) is 33.1 Å². The number of carbonyl (C=O) groups is 3. The molecule has 1 aliphatic carbocycles. The van der Waals surface area contributed by atoms with E-state index in [0.717, 1.165) is 0 Å². The minimum Gasteiger partial charge on any atom is -0.455 e. The van der Waals surface area contributed by atoms with Crippen LogP contribution >= 0.6 is 0 Å². The van der Waals surface area contributed by atoms with Crippen molar-refractivity contribution in [1.29, 1.82) is 0 Å². The van der Waals surface area contributed by atoms with Crippen molar-refractivity contribution in [3.8, 4) is 0 Å². The molecule has 1 aromatic carbocycles. The number of aryl methyl sites for hydroxylation is 1. The molecule has 3 N–H and O–H groups in total. The van der Waals surface area contributed by atoms with Gasteiger partial charge in [-0.1, -0.05) is 12.1 Å². The van der Waals surface area contributed by atoms with E-state index in [9.17, 15) is 24.5 Å². The van der Waals surface area contributed by atoms with Gasteiger partial charge in [-0.25, -0.2) is 10.2 Å². The van der Waals surface area contributed by atoms with Gasteiger partial charge in [0.05, 0.1) is 17.2 Å². The summed E-state index contributed by atoms with van der Waals surface area (Å²) in [5.41, 5.74) is 7.73. The molecule has 1 aliphatic rings. The summed E-state index contributed by atoms with van der Waals surface area (Å²) in [4.78, 5) is 46.8. The highest BCUT2D eigenvalue weighted by atomic mass is 16.6. The van der Waals surface area contributed by atoms with Crippen LogP contribution < -0.4 is 16.3 Å². The average molecular weight is 443 g/mol. The van der Waals surface area contributed by atoms with Crippen LogP contribution in [0, 0.1) is 17.0 Å². The van der Waals surface area contributed by atoms with E-state index < -0.39 is 22.8 Å². The lowest BCUT2D eigenvalue weighted by molar-refractivity contribution is -0.385. The Morgan fingerprint density at radius 2 is 1.91 bits per heavy atom. The minimum absolute atomic E-state index is 0.0383. The van der Waals surface area contributed by atoms with Gasteiger partial charge in [0, 0.05) is 23.6 Å². The van der Waals surface area contributed by atoms with Crippen LogP contribution in [-0.2, 0) is 11.2 Å². The molecule has 0 saturated carbocycles. The van der Waals surface area contributed by atoms with E-state index in [-0.39, 0.29) is 23.6 Å². The first-order valence-electron chi connectivity index (χ1n) is 9.79. The zero-order valence-corrected chi connectivity index (χ0v) is 17.4. The van der Waals surface area contributed by atoms with E-state index in [2.05, 4.69) is 21.4 Å². The summed E-state index contributed by atoms with van der Waals surface area (Å²) < 4.78 is 10.5. The second kappa shape index (κ2) is 9.73. The van der Waals surface area contributed by atoms with E-state index in [1.54, 1.807) is 13.8 Å². The molecular weight excluding hydrogens is 422 g/mol. The van der Waals surface area contributed by atoms with E-state index in [1.165, 1.54) is 24.3 Å². The molecule has 3 amide bonds. The molecule has 0 saturated heterocycles. The molecule has 12 nitrogen and oxygen atoms in total. The molecule has 3 rings (SSSR count). The Morgan fingerprint density at radius 3 is 2.62 bits per heavy atom. The lowest BCUT2D eigenvalue weighted by Crippen LogP contribution is -2.42. The van der Waals surface area contributed by atoms with Gasteiger partial charge in [0.15, 0.2) is 5.76 Å². The van der Waals surface area contributed by atoms with E-state index in [0.29, 0.717) is 41.9 Å². The van der Waals surface area contributed by atoms with Crippen LogP contribution in [0.5, 0.6) is 0 Å². The number of hydrazine groups is 1. The zero-order valence-electron chi connectivity index (χ0n) is 17.4. The third kappa shape index (κ3) is 4.74. The number of amides is 3. The monoisotopic (exact) mass is 443 g/mol. The molecule has 0 spiro atoms. The Hall–Kier alpha value is -4.22. The Bertz CT molecular complexity index is 1110. The lowest BCUT2D eigenvalue weighted by Gasteiger charge is -2.13. The number of nitrogens with zero attached hydrogens (tertiary/aromatic N) is 2. The molecule has 0 radical (unpaired) electrons. The van der Waals surface area contributed by atoms with Gasteiger partial charge in [0.1, 0.15) is 11.3 Å². The van der Waals surface area contributed by atoms with E-state index in [4.69, 9.17) is 9.15 Å². The standard InChI is InChI=1S/C20H21N5O7/c1-3-31-20(28)24-21-13-8-6-10-15-16(13)11(2)17(32-15)19(27)23-22-18(26)12-7-4-5-9-14(12)25(29)30/h4-5,7,9H,3,6,8,10H2,1-2H3,(H,22,26)(H,23,27)(H,24,28)/b21-13+. The Morgan fingerprint density at radius 1 is 1.19 bits per heavy atom. The first-order chi connectivity index (χ1) is 15.3. The van der Waals surface area contributed by atoms with Gasteiger partial charge in [0.25, 0.3) is 11.6 Å². The molecule has 0 bridgehead atoms. The number of nitro benzene ring substituents is 1. The summed E-state index contributed by atoms with van der Waals surface area (Å²) in [5, 5.41) is 15.2. The number of nitro groups is 1. The van der Waals surface area contributed by atoms with Crippen molar-refractivity contribution >= 4 is 29.3 Å². The van der Waals surface area contributed by atoms with Crippen molar-refractivity contribution < 1.29 is 28.5 Å². The van der Waals surface area contributed by atoms with Gasteiger partial charge < -0.3 is 9.15 Å². The molecule has 0 fully saturated rings. The smallest absolute Gasteiger partial charge is 0.427 e. The second-order valence-electron chi connectivity index (χ2n) is 6.78. The van der Waals surface area contributed by atoms with Crippen LogP contribution in [0.4, 0.5) is 10.5 Å². The molecule has 0 aliphatic heterocycles. The number of para-hydroxylation sites is 1. The van der Waals surface area contributed by atoms with Crippen LogP contribution in [0.2, 0.25) is 0 Å². The number of ether oxygens (including phenoxy) is 1. The average Bonchev–Trinajstić information content (AvgIpc) is 3.13. The predicted molar refractivity (Wildman–Crippen MR) is 111 cm³/mol. The molecule has 0 atom stereocenters. The number of benzene rings is 1. The van der Waals surface area contributed by atoms with Crippen molar-refractivity contribution in [3.63, 3.8) is 0 Å². The fourth-order valence-corrected chi connectivity index (χ4v) is 3.34. The Kier molecular flexibility index (Phi) is 6.83. The molecule has 2 aromatic rings. The van der Waals surface area contributed by atoms with Crippen molar-refractivity contribution in [2.75, 3.05) is 6.61 Å². The molecule has 1 aromatic heterocycles. The topological polar surface area (TPSA) is 165 Å². The van der Waals surface area contributed by atoms with Crippen molar-refractivity contribution in [3.05, 3.63) is 62.6 Å². The molecule has 168 valence electrons. The number of carbonyl (C=O) groups excluding carboxylic acids is 3. The maximum absolute atomic E-state index is 12.6. The third-order valence-electron chi connectivity index (χ3n) is 4.72. The van der Waals surface area contributed by atoms with Gasteiger partial charge in [-0.15, -0.1) is 0 Å². The minimum atomic E-state index is -0.847. The summed E-state index contributed by atoms with van der Waals surface area (Å²) in [6, 6.07) is 5.36. The molecular formula is C20H21N5O7. The number of fused-ring (bicyclic) bond motifs is 1. The second-order valence-corrected chi connectivity index (χ2v) is 6.78. The number of nitrogens with one attached hydrogen (secondary N) is 3. The number of furan rings is 1. The SMILES string of the molecule is CCOC(=O)N/N=C1\CCCc2oc(C(=O)NNC(=O)c3ccccc3[N+](=O)[O-])c(C)c21. The van der Waals surface area contributed by atoms with Gasteiger partial charge >= 0.3 is 12.0 Å². The van der Waals surface area contributed by atoms with Crippen molar-refractivity contribution in [1.82, 2.24) is 16.3 Å². The van der Waals surface area contributed by atoms with Gasteiger partial charge in [-0.2, -0.15) is 5.10 Å². The summed E-state index contributed by atoms with van der Waals surface area (Å²) in [6.45, 7) is 3.53. The van der Waals surface area contributed by atoms with Crippen molar-refractivity contribution in [2.24, 2.45) is 5.10 Å². The fraction of sp³-hybridized carbons (Fsp3) is 0.300. The predicted octanol–water partition coefficient (Wildman–Crippen LogP) is 2.36. The maximum atomic E-state index is 12.6. The summed E-state index contributed by atoms with van der Waals surface area (Å²) >= 11 is 0. The largest absolute Gasteiger partial charge is 0.455 e. The summed E-state index contributed by atoms with van der Waals surface area (Å²) in [6.07, 6.45) is 1.15. The normalized spacial score (nSPS) is 13.8. The highest BCUT2D eigenvalue weighted by Gasteiger charge is 2.28. The van der Waals surface area contributed by atoms with Crippen LogP contribution in [0.1, 0.15) is 57.6 Å². The van der Waals surface area contributed by atoms with Crippen LogP contribution in [0.15, 0.2) is 33.8 Å². The lowest BCUT2D eigenvalue weighted by atomic mass is 9.93. The summed E-state index contributed by atoms with van der Waals surface area (Å²) in [5.74, 6) is -1.08. The van der Waals surface area contributed by atoms with E-state index in [1.807, 2.05) is 0 Å². The Labute approximate surface area is 182 Å². The van der Waals surface area contributed by atoms with Crippen LogP contribution in [0.25, 0.3) is 0 Å². The first kappa shape index (κ1) is 22.5. The first-order valence-corrected chi connectivity index (χ1v) is 9.79. The van der Waals surface area contributed by atoms with Gasteiger partial charge in [-0.05, 0) is 32.8 Å². The molecule has 32 heavy (non-hydrogen) atoms. The van der Waals surface area contributed by atoms with Gasteiger partial charge in [-0.3, -0.25) is 30.6 Å². The number of hydrazone groups is 1. The van der Waals surface area contributed by atoms with Crippen LogP contribution in [0.3, 0.4) is 0 Å². The quantitative estimate of drug-likeness (QED) is 0.471.